The Bertz CT molecular complexity index is 401. The molecule has 17 heavy (non-hydrogen) atoms. The maximum atomic E-state index is 10.9. The van der Waals surface area contributed by atoms with Crippen LogP contribution in [-0.4, -0.2) is 11.9 Å². The molecule has 0 atom stereocenters. The molecule has 1 aromatic carbocycles. The zero-order chi connectivity index (χ0) is 13.0. The van der Waals surface area contributed by atoms with Crippen LogP contribution in [0.25, 0.3) is 0 Å². The Labute approximate surface area is 101 Å². The van der Waals surface area contributed by atoms with Crippen LogP contribution in [0.2, 0.25) is 0 Å². The number of rotatable bonds is 3. The molecule has 0 spiro atoms. The number of carbonyl (C=O) groups excluding carboxylic acids is 2. The molecule has 0 aliphatic carbocycles. The third-order valence-electron chi connectivity index (χ3n) is 1.98. The zero-order valence-corrected chi connectivity index (χ0v) is 10.4. The Morgan fingerprint density at radius 3 is 1.53 bits per heavy atom. The molecule has 91 valence electrons. The number of esters is 2. The molecule has 0 fully saturated rings. The van der Waals surface area contributed by atoms with Gasteiger partial charge in [0.25, 0.3) is 0 Å². The molecule has 0 amide bonds. The van der Waals surface area contributed by atoms with Gasteiger partial charge in [0.05, 0.1) is 0 Å². The Hall–Kier alpha value is -1.84. The van der Waals surface area contributed by atoms with Crippen LogP contribution in [0.5, 0.6) is 11.5 Å². The minimum atomic E-state index is -0.412. The molecule has 4 heteroatoms. The number of ether oxygens (including phenoxy) is 2. The first-order valence-electron chi connectivity index (χ1n) is 5.21. The molecule has 0 aromatic heterocycles. The fourth-order valence-electron chi connectivity index (χ4n) is 1.31. The summed E-state index contributed by atoms with van der Waals surface area (Å²) < 4.78 is 9.97. The fraction of sp³-hybridized carbons (Fsp3) is 0.308. The van der Waals surface area contributed by atoms with Crippen LogP contribution in [0.3, 0.4) is 0 Å². The molecule has 0 aliphatic heterocycles. The maximum Gasteiger partial charge on any atom is 0.308 e. The lowest BCUT2D eigenvalue weighted by molar-refractivity contribution is -0.132. The highest BCUT2D eigenvalue weighted by Gasteiger charge is 2.09. The Morgan fingerprint density at radius 2 is 1.24 bits per heavy atom. The summed E-state index contributed by atoms with van der Waals surface area (Å²) in [5.41, 5.74) is 0.861. The summed E-state index contributed by atoms with van der Waals surface area (Å²) >= 11 is 0. The second-order valence-corrected chi connectivity index (χ2v) is 3.88. The quantitative estimate of drug-likeness (QED) is 0.596. The molecule has 0 saturated carbocycles. The number of hydrogen-bond donors (Lipinski definition) is 0. The molecule has 1 radical (unpaired) electrons. The highest BCUT2D eigenvalue weighted by atomic mass is 16.5. The van der Waals surface area contributed by atoms with Crippen molar-refractivity contribution in [1.29, 1.82) is 0 Å². The van der Waals surface area contributed by atoms with Crippen LogP contribution in [0, 0.1) is 5.92 Å². The normalized spacial score (nSPS) is 10.2. The summed E-state index contributed by atoms with van der Waals surface area (Å²) in [7, 11) is 0. The van der Waals surface area contributed by atoms with Gasteiger partial charge in [0.2, 0.25) is 0 Å². The standard InChI is InChI=1S/C13H15O4/c1-8(2)11-5-12(16-9(3)14)7-13(6-11)17-10(4)15/h5-7H,1-4H3. The molecule has 4 nitrogen and oxygen atoms in total. The van der Waals surface area contributed by atoms with Crippen molar-refractivity contribution in [2.75, 3.05) is 0 Å². The smallest absolute Gasteiger partial charge is 0.308 e. The average molecular weight is 235 g/mol. The van der Waals surface area contributed by atoms with Gasteiger partial charge in [0.1, 0.15) is 11.5 Å². The summed E-state index contributed by atoms with van der Waals surface area (Å²) in [4.78, 5) is 21.8. The van der Waals surface area contributed by atoms with Crippen molar-refractivity contribution in [2.45, 2.75) is 27.7 Å². The molecule has 0 unspecified atom stereocenters. The van der Waals surface area contributed by atoms with Crippen LogP contribution in [0.4, 0.5) is 0 Å². The number of hydrogen-bond acceptors (Lipinski definition) is 4. The topological polar surface area (TPSA) is 52.6 Å². The van der Waals surface area contributed by atoms with Crippen molar-refractivity contribution in [3.8, 4) is 11.5 Å². The first kappa shape index (κ1) is 13.2. The van der Waals surface area contributed by atoms with Gasteiger partial charge in [-0.3, -0.25) is 9.59 Å². The van der Waals surface area contributed by atoms with E-state index in [1.807, 2.05) is 13.8 Å². The van der Waals surface area contributed by atoms with E-state index < -0.39 is 11.9 Å². The molecular weight excluding hydrogens is 220 g/mol. The lowest BCUT2D eigenvalue weighted by Crippen LogP contribution is -2.05. The van der Waals surface area contributed by atoms with Gasteiger partial charge >= 0.3 is 11.9 Å². The predicted molar refractivity (Wildman–Crippen MR) is 62.8 cm³/mol. The van der Waals surface area contributed by atoms with E-state index in [-0.39, 0.29) is 0 Å². The van der Waals surface area contributed by atoms with Gasteiger partial charge in [-0.25, -0.2) is 0 Å². The van der Waals surface area contributed by atoms with Crippen LogP contribution in [0.1, 0.15) is 33.3 Å². The minimum Gasteiger partial charge on any atom is -0.427 e. The molecule has 1 aromatic rings. The van der Waals surface area contributed by atoms with Crippen LogP contribution in [0.15, 0.2) is 18.2 Å². The molecule has 0 aliphatic rings. The van der Waals surface area contributed by atoms with E-state index in [4.69, 9.17) is 9.47 Å². The lowest BCUT2D eigenvalue weighted by Gasteiger charge is -2.10. The fourth-order valence-corrected chi connectivity index (χ4v) is 1.31. The van der Waals surface area contributed by atoms with Gasteiger partial charge in [-0.05, 0) is 23.6 Å². The first-order chi connectivity index (χ1) is 7.88. The number of carbonyl (C=O) groups is 2. The second-order valence-electron chi connectivity index (χ2n) is 3.88. The van der Waals surface area contributed by atoms with Gasteiger partial charge in [-0.15, -0.1) is 0 Å². The summed E-state index contributed by atoms with van der Waals surface area (Å²) in [6.45, 7) is 6.48. The summed E-state index contributed by atoms with van der Waals surface area (Å²) in [6.07, 6.45) is 0. The van der Waals surface area contributed by atoms with E-state index in [0.717, 1.165) is 11.5 Å². The predicted octanol–water partition coefficient (Wildman–Crippen LogP) is 2.50. The zero-order valence-electron chi connectivity index (χ0n) is 10.4. The summed E-state index contributed by atoms with van der Waals surface area (Å²) in [5, 5.41) is 0. The highest BCUT2D eigenvalue weighted by molar-refractivity contribution is 5.71. The largest absolute Gasteiger partial charge is 0.427 e. The van der Waals surface area contributed by atoms with E-state index in [0.29, 0.717) is 11.5 Å². The minimum absolute atomic E-state index is 0.368. The molecule has 1 rings (SSSR count). The van der Waals surface area contributed by atoms with E-state index in [1.54, 1.807) is 12.1 Å². The molecule has 0 N–H and O–H groups in total. The first-order valence-corrected chi connectivity index (χ1v) is 5.21. The van der Waals surface area contributed by atoms with E-state index >= 15 is 0 Å². The third kappa shape index (κ3) is 4.26. The van der Waals surface area contributed by atoms with E-state index in [9.17, 15) is 9.59 Å². The van der Waals surface area contributed by atoms with Crippen molar-refractivity contribution in [2.24, 2.45) is 0 Å². The Morgan fingerprint density at radius 1 is 0.824 bits per heavy atom. The van der Waals surface area contributed by atoms with Crippen molar-refractivity contribution in [1.82, 2.24) is 0 Å². The Kier molecular flexibility index (Phi) is 4.26. The molecule has 0 bridgehead atoms. The van der Waals surface area contributed by atoms with Crippen molar-refractivity contribution in [3.63, 3.8) is 0 Å². The highest BCUT2D eigenvalue weighted by Crippen LogP contribution is 2.27. The Balaban J connectivity index is 3.08. The van der Waals surface area contributed by atoms with Gasteiger partial charge in [-0.1, -0.05) is 13.8 Å². The van der Waals surface area contributed by atoms with Gasteiger partial charge in [-0.2, -0.15) is 0 Å². The third-order valence-corrected chi connectivity index (χ3v) is 1.98. The van der Waals surface area contributed by atoms with Crippen LogP contribution < -0.4 is 9.47 Å². The van der Waals surface area contributed by atoms with Crippen LogP contribution >= 0.6 is 0 Å². The molecule has 0 heterocycles. The summed E-state index contributed by atoms with van der Waals surface area (Å²) in [6, 6.07) is 4.96. The molecule has 0 saturated heterocycles. The van der Waals surface area contributed by atoms with Gasteiger partial charge in [0, 0.05) is 19.9 Å². The van der Waals surface area contributed by atoms with Crippen molar-refractivity contribution >= 4 is 11.9 Å². The van der Waals surface area contributed by atoms with E-state index in [1.165, 1.54) is 19.9 Å². The second kappa shape index (κ2) is 5.48. The SMILES string of the molecule is C[C](C)c1cc(OC(C)=O)cc(OC(C)=O)c1. The monoisotopic (exact) mass is 235 g/mol. The number of benzene rings is 1. The van der Waals surface area contributed by atoms with Gasteiger partial charge < -0.3 is 9.47 Å². The molecular formula is C13H15O4. The van der Waals surface area contributed by atoms with Crippen molar-refractivity contribution < 1.29 is 19.1 Å². The average Bonchev–Trinajstić information content (AvgIpc) is 2.14. The summed E-state index contributed by atoms with van der Waals surface area (Å²) in [5.74, 6) is 0.946. The lowest BCUT2D eigenvalue weighted by atomic mass is 10.0. The van der Waals surface area contributed by atoms with Crippen molar-refractivity contribution in [3.05, 3.63) is 29.7 Å². The van der Waals surface area contributed by atoms with Crippen LogP contribution in [-0.2, 0) is 9.59 Å². The van der Waals surface area contributed by atoms with Gasteiger partial charge in [0.15, 0.2) is 0 Å². The maximum absolute atomic E-state index is 10.9. The van der Waals surface area contributed by atoms with E-state index in [2.05, 4.69) is 0 Å².